The van der Waals surface area contributed by atoms with Crippen LogP contribution in [0.5, 0.6) is 5.88 Å². The molecule has 1 atom stereocenters. The van der Waals surface area contributed by atoms with Gasteiger partial charge in [-0.25, -0.2) is 14.6 Å². The van der Waals surface area contributed by atoms with Crippen LogP contribution in [0.3, 0.4) is 0 Å². The molecule has 0 saturated carbocycles. The lowest BCUT2D eigenvalue weighted by atomic mass is 10.1. The van der Waals surface area contributed by atoms with Crippen molar-refractivity contribution in [2.75, 3.05) is 20.3 Å². The summed E-state index contributed by atoms with van der Waals surface area (Å²) in [6.45, 7) is 4.99. The maximum Gasteiger partial charge on any atom is 0.213 e. The van der Waals surface area contributed by atoms with Crippen molar-refractivity contribution in [3.05, 3.63) is 35.5 Å². The maximum absolute atomic E-state index is 6.01. The van der Waals surface area contributed by atoms with Gasteiger partial charge in [-0.3, -0.25) is 4.99 Å². The van der Waals surface area contributed by atoms with Gasteiger partial charge in [0.05, 0.1) is 19.3 Å². The first-order valence-electron chi connectivity index (χ1n) is 10.3. The molecule has 2 aliphatic heterocycles. The van der Waals surface area contributed by atoms with Crippen molar-refractivity contribution in [2.45, 2.75) is 57.8 Å². The first-order chi connectivity index (χ1) is 14.2. The third-order valence-electron chi connectivity index (χ3n) is 5.23. The third-order valence-corrected chi connectivity index (χ3v) is 5.23. The van der Waals surface area contributed by atoms with Gasteiger partial charge in [0.15, 0.2) is 5.96 Å². The normalized spacial score (nSPS) is 19.5. The molecule has 9 nitrogen and oxygen atoms in total. The molecular formula is C20H30IN7O2. The number of aliphatic imine (C=N–C) groups is 1. The number of nitrogens with one attached hydrogen (secondary N) is 2. The number of halogens is 1. The van der Waals surface area contributed by atoms with Gasteiger partial charge in [0.2, 0.25) is 5.88 Å². The van der Waals surface area contributed by atoms with E-state index in [1.54, 1.807) is 13.2 Å². The Hall–Kier alpha value is -1.95. The summed E-state index contributed by atoms with van der Waals surface area (Å²) in [4.78, 5) is 13.3. The average molecular weight is 527 g/mol. The molecule has 0 radical (unpaired) electrons. The average Bonchev–Trinajstić information content (AvgIpc) is 3.13. The van der Waals surface area contributed by atoms with E-state index in [4.69, 9.17) is 9.47 Å². The second-order valence-electron chi connectivity index (χ2n) is 7.44. The minimum Gasteiger partial charge on any atom is -0.474 e. The largest absolute Gasteiger partial charge is 0.474 e. The summed E-state index contributed by atoms with van der Waals surface area (Å²) in [5.74, 6) is 3.20. The quantitative estimate of drug-likeness (QED) is 0.350. The molecule has 4 rings (SSSR count). The highest BCUT2D eigenvalue weighted by molar-refractivity contribution is 14.0. The van der Waals surface area contributed by atoms with Gasteiger partial charge in [-0.15, -0.1) is 24.0 Å². The van der Waals surface area contributed by atoms with Gasteiger partial charge < -0.3 is 20.1 Å². The molecule has 2 aromatic heterocycles. The third kappa shape index (κ3) is 5.81. The lowest BCUT2D eigenvalue weighted by molar-refractivity contribution is 0.0237. The predicted molar refractivity (Wildman–Crippen MR) is 124 cm³/mol. The van der Waals surface area contributed by atoms with Crippen molar-refractivity contribution in [1.29, 1.82) is 0 Å². The van der Waals surface area contributed by atoms with Crippen molar-refractivity contribution in [3.63, 3.8) is 0 Å². The van der Waals surface area contributed by atoms with Crippen molar-refractivity contribution in [3.8, 4) is 5.88 Å². The van der Waals surface area contributed by atoms with Gasteiger partial charge in [-0.1, -0.05) is 0 Å². The molecule has 1 unspecified atom stereocenters. The molecule has 1 fully saturated rings. The smallest absolute Gasteiger partial charge is 0.213 e. The second-order valence-corrected chi connectivity index (χ2v) is 7.44. The second kappa shape index (κ2) is 10.9. The van der Waals surface area contributed by atoms with Gasteiger partial charge in [-0.05, 0) is 31.4 Å². The summed E-state index contributed by atoms with van der Waals surface area (Å²) in [6.07, 6.45) is 5.87. The zero-order valence-electron chi connectivity index (χ0n) is 17.5. The van der Waals surface area contributed by atoms with Gasteiger partial charge in [0.1, 0.15) is 17.8 Å². The molecule has 0 bridgehead atoms. The molecule has 2 aliphatic rings. The van der Waals surface area contributed by atoms with Gasteiger partial charge in [0, 0.05) is 45.2 Å². The van der Waals surface area contributed by atoms with Crippen LogP contribution in [-0.4, -0.2) is 52.1 Å². The Labute approximate surface area is 194 Å². The van der Waals surface area contributed by atoms with Crippen LogP contribution in [0.15, 0.2) is 23.3 Å². The first-order valence-corrected chi connectivity index (χ1v) is 10.3. The molecule has 0 spiro atoms. The van der Waals surface area contributed by atoms with Crippen molar-refractivity contribution >= 4 is 29.9 Å². The zero-order valence-corrected chi connectivity index (χ0v) is 19.8. The van der Waals surface area contributed by atoms with Crippen LogP contribution in [0.25, 0.3) is 0 Å². The molecule has 1 saturated heterocycles. The number of hydrogen-bond acceptors (Lipinski definition) is 6. The Morgan fingerprint density at radius 2 is 2.17 bits per heavy atom. The topological polar surface area (TPSA) is 98.5 Å². The van der Waals surface area contributed by atoms with Crippen molar-refractivity contribution in [1.82, 2.24) is 30.4 Å². The minimum absolute atomic E-state index is 0. The molecule has 0 amide bonds. The van der Waals surface area contributed by atoms with E-state index in [-0.39, 0.29) is 36.1 Å². The van der Waals surface area contributed by atoms with Gasteiger partial charge in [0.25, 0.3) is 0 Å². The van der Waals surface area contributed by atoms with E-state index in [9.17, 15) is 0 Å². The van der Waals surface area contributed by atoms with Crippen LogP contribution in [0.1, 0.15) is 48.9 Å². The van der Waals surface area contributed by atoms with E-state index in [0.29, 0.717) is 12.4 Å². The molecular weight excluding hydrogens is 497 g/mol. The molecule has 0 aromatic carbocycles. The van der Waals surface area contributed by atoms with E-state index in [0.717, 1.165) is 68.6 Å². The molecule has 0 aliphatic carbocycles. The summed E-state index contributed by atoms with van der Waals surface area (Å²) >= 11 is 0. The van der Waals surface area contributed by atoms with E-state index in [2.05, 4.69) is 30.7 Å². The van der Waals surface area contributed by atoms with E-state index >= 15 is 0 Å². The Morgan fingerprint density at radius 3 is 2.97 bits per heavy atom. The number of guanidine groups is 1. The molecule has 2 aromatic rings. The molecule has 2 N–H and O–H groups in total. The van der Waals surface area contributed by atoms with Crippen LogP contribution < -0.4 is 15.4 Å². The summed E-state index contributed by atoms with van der Waals surface area (Å²) in [6, 6.07) is 4.08. The lowest BCUT2D eigenvalue weighted by Gasteiger charge is -2.25. The number of rotatable bonds is 5. The van der Waals surface area contributed by atoms with Gasteiger partial charge in [-0.2, -0.15) is 5.10 Å². The highest BCUT2D eigenvalue weighted by atomic mass is 127. The number of pyridine rings is 1. The summed E-state index contributed by atoms with van der Waals surface area (Å²) in [5.41, 5.74) is 1.09. The zero-order chi connectivity index (χ0) is 20.1. The van der Waals surface area contributed by atoms with Crippen molar-refractivity contribution < 1.29 is 9.47 Å². The van der Waals surface area contributed by atoms with Crippen LogP contribution >= 0.6 is 24.0 Å². The monoisotopic (exact) mass is 527 g/mol. The molecule has 4 heterocycles. The van der Waals surface area contributed by atoms with Gasteiger partial charge >= 0.3 is 0 Å². The highest BCUT2D eigenvalue weighted by Gasteiger charge is 2.24. The predicted octanol–water partition coefficient (Wildman–Crippen LogP) is 2.36. The Kier molecular flexibility index (Phi) is 8.25. The summed E-state index contributed by atoms with van der Waals surface area (Å²) in [7, 11) is 1.78. The molecule has 164 valence electrons. The minimum atomic E-state index is 0. The fourth-order valence-electron chi connectivity index (χ4n) is 3.74. The number of nitrogens with zero attached hydrogens (tertiary/aromatic N) is 5. The van der Waals surface area contributed by atoms with Crippen molar-refractivity contribution in [2.24, 2.45) is 4.99 Å². The van der Waals surface area contributed by atoms with E-state index in [1.807, 2.05) is 23.7 Å². The fraction of sp³-hybridized carbons (Fsp3) is 0.600. The standard InChI is InChI=1S/C20H29N7O2.HI/c1-14-24-19-17(4-3-9-27(19)26-14)25-20(21-2)23-13-15-5-8-22-18(12-15)29-16-6-10-28-11-7-16;/h5,8,12,16-17H,3-4,6-7,9-11,13H2,1-2H3,(H2,21,23,25);1H. The summed E-state index contributed by atoms with van der Waals surface area (Å²) in [5, 5.41) is 11.3. The lowest BCUT2D eigenvalue weighted by Crippen LogP contribution is -2.41. The van der Waals surface area contributed by atoms with E-state index in [1.165, 1.54) is 0 Å². The number of fused-ring (bicyclic) bond motifs is 1. The van der Waals surface area contributed by atoms with E-state index < -0.39 is 0 Å². The van der Waals surface area contributed by atoms with Crippen LogP contribution in [-0.2, 0) is 17.8 Å². The van der Waals surface area contributed by atoms with Crippen LogP contribution in [0, 0.1) is 6.92 Å². The Morgan fingerprint density at radius 1 is 1.33 bits per heavy atom. The fourth-order valence-corrected chi connectivity index (χ4v) is 3.74. The summed E-state index contributed by atoms with van der Waals surface area (Å²) < 4.78 is 13.4. The molecule has 30 heavy (non-hydrogen) atoms. The SMILES string of the molecule is CN=C(NCc1ccnc(OC2CCOCC2)c1)NC1CCCn2nc(C)nc21.I. The number of ether oxygens (including phenoxy) is 2. The maximum atomic E-state index is 6.01. The first kappa shape index (κ1) is 22.7. The van der Waals surface area contributed by atoms with Crippen LogP contribution in [0.2, 0.25) is 0 Å². The Balaban J connectivity index is 0.00000256. The van der Waals surface area contributed by atoms with Crippen LogP contribution in [0.4, 0.5) is 0 Å². The highest BCUT2D eigenvalue weighted by Crippen LogP contribution is 2.23. The number of hydrogen-bond donors (Lipinski definition) is 2. The Bertz CT molecular complexity index is 851. The number of aryl methyl sites for hydroxylation is 2. The molecule has 10 heteroatoms. The number of aromatic nitrogens is 4.